The van der Waals surface area contributed by atoms with E-state index in [9.17, 15) is 0 Å². The van der Waals surface area contributed by atoms with Crippen LogP contribution in [-0.4, -0.2) is 25.7 Å². The van der Waals surface area contributed by atoms with Crippen molar-refractivity contribution in [3.63, 3.8) is 0 Å². The molecule has 0 aromatic heterocycles. The Balaban J connectivity index is 2.49. The predicted octanol–water partition coefficient (Wildman–Crippen LogP) is 2.57. The third kappa shape index (κ3) is 5.62. The summed E-state index contributed by atoms with van der Waals surface area (Å²) in [5.41, 5.74) is 9.71. The maximum absolute atomic E-state index is 5.96. The second-order valence-electron chi connectivity index (χ2n) is 6.00. The highest BCUT2D eigenvalue weighted by Crippen LogP contribution is 2.24. The number of nitrogens with two attached hydrogens (primary N) is 1. The van der Waals surface area contributed by atoms with E-state index < -0.39 is 0 Å². The Labute approximate surface area is 117 Å². The van der Waals surface area contributed by atoms with Crippen molar-refractivity contribution in [3.8, 4) is 5.75 Å². The third-order valence-corrected chi connectivity index (χ3v) is 3.29. The molecule has 0 aliphatic carbocycles. The number of ether oxygens (including phenoxy) is 1. The molecule has 0 unspecified atom stereocenters. The van der Waals surface area contributed by atoms with Crippen LogP contribution in [0.3, 0.4) is 0 Å². The molecule has 0 bridgehead atoms. The zero-order valence-electron chi connectivity index (χ0n) is 13.0. The molecule has 19 heavy (non-hydrogen) atoms. The Morgan fingerprint density at radius 1 is 1.21 bits per heavy atom. The van der Waals surface area contributed by atoms with E-state index in [2.05, 4.69) is 45.1 Å². The smallest absolute Gasteiger partial charge is 0.122 e. The van der Waals surface area contributed by atoms with Crippen molar-refractivity contribution in [1.82, 2.24) is 5.32 Å². The van der Waals surface area contributed by atoms with Crippen LogP contribution in [0.15, 0.2) is 12.1 Å². The zero-order valence-corrected chi connectivity index (χ0v) is 13.0. The van der Waals surface area contributed by atoms with Crippen molar-refractivity contribution >= 4 is 0 Å². The lowest BCUT2D eigenvalue weighted by molar-refractivity contribution is 0.407. The van der Waals surface area contributed by atoms with Gasteiger partial charge in [0.1, 0.15) is 5.75 Å². The molecule has 0 radical (unpaired) electrons. The zero-order chi connectivity index (χ0) is 14.5. The third-order valence-electron chi connectivity index (χ3n) is 3.29. The summed E-state index contributed by atoms with van der Waals surface area (Å²) in [5.74, 6) is 0.999. The topological polar surface area (TPSA) is 47.3 Å². The standard InChI is InChI=1S/C16H28N2O/c1-12-10-13(2)14(15(11-12)19-5)6-8-18-9-7-16(3,4)17/h10-11,18H,6-9,17H2,1-5H3. The van der Waals surface area contributed by atoms with Gasteiger partial charge in [-0.15, -0.1) is 0 Å². The summed E-state index contributed by atoms with van der Waals surface area (Å²) in [6, 6.07) is 4.31. The van der Waals surface area contributed by atoms with Crippen LogP contribution in [0, 0.1) is 13.8 Å². The highest BCUT2D eigenvalue weighted by Gasteiger charge is 2.10. The minimum atomic E-state index is -0.0928. The number of nitrogens with one attached hydrogen (secondary N) is 1. The molecule has 3 nitrogen and oxygen atoms in total. The molecule has 0 saturated carbocycles. The minimum absolute atomic E-state index is 0.0928. The van der Waals surface area contributed by atoms with Gasteiger partial charge in [-0.25, -0.2) is 0 Å². The SMILES string of the molecule is COc1cc(C)cc(C)c1CCNCCC(C)(C)N. The molecule has 3 N–H and O–H groups in total. The lowest BCUT2D eigenvalue weighted by Crippen LogP contribution is -2.36. The van der Waals surface area contributed by atoms with Gasteiger partial charge in [0, 0.05) is 5.54 Å². The molecule has 0 aliphatic heterocycles. The average molecular weight is 264 g/mol. The summed E-state index contributed by atoms with van der Waals surface area (Å²) in [4.78, 5) is 0. The van der Waals surface area contributed by atoms with Gasteiger partial charge in [0.15, 0.2) is 0 Å². The minimum Gasteiger partial charge on any atom is -0.496 e. The van der Waals surface area contributed by atoms with E-state index >= 15 is 0 Å². The second-order valence-corrected chi connectivity index (χ2v) is 6.00. The Morgan fingerprint density at radius 3 is 2.47 bits per heavy atom. The van der Waals surface area contributed by atoms with Crippen LogP contribution in [0.2, 0.25) is 0 Å². The van der Waals surface area contributed by atoms with E-state index in [0.29, 0.717) is 0 Å². The number of benzene rings is 1. The summed E-state index contributed by atoms with van der Waals surface area (Å²) >= 11 is 0. The largest absolute Gasteiger partial charge is 0.496 e. The highest BCUT2D eigenvalue weighted by atomic mass is 16.5. The van der Waals surface area contributed by atoms with E-state index in [4.69, 9.17) is 10.5 Å². The van der Waals surface area contributed by atoms with Crippen LogP contribution >= 0.6 is 0 Å². The van der Waals surface area contributed by atoms with Gasteiger partial charge in [0.05, 0.1) is 7.11 Å². The van der Waals surface area contributed by atoms with Crippen molar-refractivity contribution in [1.29, 1.82) is 0 Å². The fraction of sp³-hybridized carbons (Fsp3) is 0.625. The van der Waals surface area contributed by atoms with Gasteiger partial charge in [-0.2, -0.15) is 0 Å². The van der Waals surface area contributed by atoms with E-state index in [1.165, 1.54) is 16.7 Å². The molecule has 0 atom stereocenters. The van der Waals surface area contributed by atoms with Crippen molar-refractivity contribution in [2.24, 2.45) is 5.73 Å². The molecule has 0 spiro atoms. The highest BCUT2D eigenvalue weighted by molar-refractivity contribution is 5.43. The molecule has 0 heterocycles. The number of methoxy groups -OCH3 is 1. The lowest BCUT2D eigenvalue weighted by Gasteiger charge is -2.18. The maximum atomic E-state index is 5.96. The monoisotopic (exact) mass is 264 g/mol. The summed E-state index contributed by atoms with van der Waals surface area (Å²) in [7, 11) is 1.74. The van der Waals surface area contributed by atoms with Crippen LogP contribution in [-0.2, 0) is 6.42 Å². The van der Waals surface area contributed by atoms with Crippen molar-refractivity contribution in [2.45, 2.75) is 46.1 Å². The van der Waals surface area contributed by atoms with Crippen LogP contribution in [0.1, 0.15) is 37.0 Å². The quantitative estimate of drug-likeness (QED) is 0.744. The molecule has 3 heteroatoms. The number of rotatable bonds is 7. The first kappa shape index (κ1) is 16.0. The molecular formula is C16H28N2O. The van der Waals surface area contributed by atoms with Crippen molar-refractivity contribution in [2.75, 3.05) is 20.2 Å². The summed E-state index contributed by atoms with van der Waals surface area (Å²) in [6.45, 7) is 10.3. The van der Waals surface area contributed by atoms with Gasteiger partial charge in [0.25, 0.3) is 0 Å². The maximum Gasteiger partial charge on any atom is 0.122 e. The first-order valence-corrected chi connectivity index (χ1v) is 6.97. The van der Waals surface area contributed by atoms with Gasteiger partial charge < -0.3 is 15.8 Å². The molecular weight excluding hydrogens is 236 g/mol. The molecule has 0 aliphatic rings. The van der Waals surface area contributed by atoms with E-state index in [1.54, 1.807) is 7.11 Å². The van der Waals surface area contributed by atoms with Gasteiger partial charge in [-0.3, -0.25) is 0 Å². The fourth-order valence-electron chi connectivity index (χ4n) is 2.21. The second kappa shape index (κ2) is 6.92. The van der Waals surface area contributed by atoms with Crippen molar-refractivity contribution < 1.29 is 4.74 Å². The van der Waals surface area contributed by atoms with E-state index in [0.717, 1.165) is 31.7 Å². The Morgan fingerprint density at radius 2 is 1.89 bits per heavy atom. The van der Waals surface area contributed by atoms with E-state index in [1.807, 2.05) is 0 Å². The summed E-state index contributed by atoms with van der Waals surface area (Å²) in [5, 5.41) is 3.45. The normalized spacial score (nSPS) is 11.7. The van der Waals surface area contributed by atoms with Crippen LogP contribution in [0.4, 0.5) is 0 Å². The molecule has 0 fully saturated rings. The molecule has 108 valence electrons. The van der Waals surface area contributed by atoms with Gasteiger partial charge in [-0.1, -0.05) is 6.07 Å². The molecule has 0 amide bonds. The first-order chi connectivity index (χ1) is 8.83. The summed E-state index contributed by atoms with van der Waals surface area (Å²) < 4.78 is 5.47. The van der Waals surface area contributed by atoms with Gasteiger partial charge in [-0.05, 0) is 76.4 Å². The number of hydrogen-bond acceptors (Lipinski definition) is 3. The number of hydrogen-bond donors (Lipinski definition) is 2. The van der Waals surface area contributed by atoms with E-state index in [-0.39, 0.29) is 5.54 Å². The predicted molar refractivity (Wildman–Crippen MR) is 81.9 cm³/mol. The summed E-state index contributed by atoms with van der Waals surface area (Å²) in [6.07, 6.45) is 1.97. The van der Waals surface area contributed by atoms with Gasteiger partial charge in [0.2, 0.25) is 0 Å². The average Bonchev–Trinajstić information content (AvgIpc) is 2.29. The molecule has 1 aromatic carbocycles. The fourth-order valence-corrected chi connectivity index (χ4v) is 2.21. The number of aryl methyl sites for hydroxylation is 2. The Kier molecular flexibility index (Phi) is 5.83. The molecule has 1 aromatic rings. The Bertz CT molecular complexity index is 408. The van der Waals surface area contributed by atoms with Crippen LogP contribution < -0.4 is 15.8 Å². The molecule has 1 rings (SSSR count). The lowest BCUT2D eigenvalue weighted by atomic mass is 10.0. The first-order valence-electron chi connectivity index (χ1n) is 6.97. The van der Waals surface area contributed by atoms with Crippen molar-refractivity contribution in [3.05, 3.63) is 28.8 Å². The Hall–Kier alpha value is -1.06. The van der Waals surface area contributed by atoms with Crippen LogP contribution in [0.25, 0.3) is 0 Å². The van der Waals surface area contributed by atoms with Gasteiger partial charge >= 0.3 is 0 Å². The van der Waals surface area contributed by atoms with Crippen LogP contribution in [0.5, 0.6) is 5.75 Å². The molecule has 0 saturated heterocycles.